The lowest BCUT2D eigenvalue weighted by atomic mass is 10.2. The second kappa shape index (κ2) is 7.74. The molecule has 2 aromatic rings. The van der Waals surface area contributed by atoms with E-state index in [1.807, 2.05) is 13.0 Å². The Morgan fingerprint density at radius 2 is 1.71 bits per heavy atom. The highest BCUT2D eigenvalue weighted by molar-refractivity contribution is 8.08. The fourth-order valence-electron chi connectivity index (χ4n) is 1.87. The number of hydrogen-bond acceptors (Lipinski definition) is 6. The van der Waals surface area contributed by atoms with E-state index in [2.05, 4.69) is 10.5 Å². The number of carbonyl (C=O) groups is 1. The maximum Gasteiger partial charge on any atom is 0.371 e. The van der Waals surface area contributed by atoms with Gasteiger partial charge < -0.3 is 4.74 Å². The minimum atomic E-state index is -4.10. The number of aryl methyl sites for hydroxylation is 1. The Labute approximate surface area is 141 Å². The van der Waals surface area contributed by atoms with Crippen molar-refractivity contribution in [3.63, 3.8) is 0 Å². The Morgan fingerprint density at radius 1 is 1.08 bits per heavy atom. The van der Waals surface area contributed by atoms with Crippen LogP contribution in [-0.4, -0.2) is 26.0 Å². The highest BCUT2D eigenvalue weighted by atomic mass is 32.2. The SMILES string of the molecule is CCOC(=O)C(=NNc1ccccc1)S(=O)(=O)c1ccc(C)cc1. The number of para-hydroxylation sites is 1. The van der Waals surface area contributed by atoms with Crippen molar-refractivity contribution in [2.75, 3.05) is 12.0 Å². The van der Waals surface area contributed by atoms with Crippen LogP contribution >= 0.6 is 0 Å². The number of rotatable bonds is 4. The summed E-state index contributed by atoms with van der Waals surface area (Å²) in [5.74, 6) is -0.999. The average molecular weight is 346 g/mol. The molecule has 0 fully saturated rings. The molecule has 0 unspecified atom stereocenters. The van der Waals surface area contributed by atoms with E-state index in [1.165, 1.54) is 12.1 Å². The van der Waals surface area contributed by atoms with Gasteiger partial charge in [-0.1, -0.05) is 35.9 Å². The Hall–Kier alpha value is -2.67. The lowest BCUT2D eigenvalue weighted by Gasteiger charge is -2.09. The molecule has 7 heteroatoms. The number of benzene rings is 2. The van der Waals surface area contributed by atoms with Gasteiger partial charge in [-0.05, 0) is 38.1 Å². The molecule has 0 aliphatic carbocycles. The number of nitrogens with zero attached hydrogens (tertiary/aromatic N) is 1. The number of hydrazone groups is 1. The number of anilines is 1. The quantitative estimate of drug-likeness (QED) is 0.398. The molecule has 24 heavy (non-hydrogen) atoms. The van der Waals surface area contributed by atoms with Gasteiger partial charge in [-0.25, -0.2) is 13.2 Å². The van der Waals surface area contributed by atoms with Crippen molar-refractivity contribution in [1.82, 2.24) is 0 Å². The lowest BCUT2D eigenvalue weighted by molar-refractivity contribution is -0.134. The van der Waals surface area contributed by atoms with Crippen LogP contribution in [0.1, 0.15) is 12.5 Å². The third-order valence-electron chi connectivity index (χ3n) is 3.10. The van der Waals surface area contributed by atoms with E-state index in [-0.39, 0.29) is 11.5 Å². The summed E-state index contributed by atoms with van der Waals surface area (Å²) in [6.45, 7) is 3.49. The topological polar surface area (TPSA) is 84.8 Å². The lowest BCUT2D eigenvalue weighted by Crippen LogP contribution is -2.28. The molecule has 2 aromatic carbocycles. The molecule has 0 aliphatic heterocycles. The van der Waals surface area contributed by atoms with Crippen LogP contribution in [0.4, 0.5) is 5.69 Å². The van der Waals surface area contributed by atoms with Gasteiger partial charge in [-0.3, -0.25) is 5.43 Å². The number of nitrogens with one attached hydrogen (secondary N) is 1. The van der Waals surface area contributed by atoms with Crippen LogP contribution < -0.4 is 5.43 Å². The van der Waals surface area contributed by atoms with Crippen molar-refractivity contribution < 1.29 is 17.9 Å². The van der Waals surface area contributed by atoms with Crippen LogP contribution in [0, 0.1) is 6.92 Å². The number of esters is 1. The normalized spacial score (nSPS) is 11.8. The average Bonchev–Trinajstić information content (AvgIpc) is 2.56. The van der Waals surface area contributed by atoms with E-state index in [0.29, 0.717) is 5.69 Å². The van der Waals surface area contributed by atoms with Gasteiger partial charge in [0.1, 0.15) is 0 Å². The van der Waals surface area contributed by atoms with Crippen molar-refractivity contribution in [2.45, 2.75) is 18.7 Å². The number of carbonyl (C=O) groups excluding carboxylic acids is 1. The minimum absolute atomic E-state index is 0.0187. The largest absolute Gasteiger partial charge is 0.461 e. The van der Waals surface area contributed by atoms with E-state index in [0.717, 1.165) is 5.56 Å². The molecular formula is C17H18N2O4S. The zero-order valence-electron chi connectivity index (χ0n) is 13.4. The summed E-state index contributed by atoms with van der Waals surface area (Å²) in [6, 6.07) is 14.9. The van der Waals surface area contributed by atoms with Crippen LogP contribution in [0.5, 0.6) is 0 Å². The molecule has 0 radical (unpaired) electrons. The Kier molecular flexibility index (Phi) is 5.70. The van der Waals surface area contributed by atoms with Crippen molar-refractivity contribution in [3.05, 3.63) is 60.2 Å². The van der Waals surface area contributed by atoms with Crippen molar-refractivity contribution in [3.8, 4) is 0 Å². The minimum Gasteiger partial charge on any atom is -0.461 e. The summed E-state index contributed by atoms with van der Waals surface area (Å²) < 4.78 is 30.3. The van der Waals surface area contributed by atoms with Crippen LogP contribution in [0.25, 0.3) is 0 Å². The first-order valence-corrected chi connectivity index (χ1v) is 8.81. The van der Waals surface area contributed by atoms with E-state index in [4.69, 9.17) is 4.74 Å². The van der Waals surface area contributed by atoms with Crippen molar-refractivity contribution >= 4 is 26.5 Å². The standard InChI is InChI=1S/C17H18N2O4S/c1-3-23-17(20)16(19-18-14-7-5-4-6-8-14)24(21,22)15-11-9-13(2)10-12-15/h4-12,18H,3H2,1-2H3. The molecule has 1 N–H and O–H groups in total. The maximum atomic E-state index is 12.7. The number of ether oxygens (including phenoxy) is 1. The zero-order valence-corrected chi connectivity index (χ0v) is 14.2. The monoisotopic (exact) mass is 346 g/mol. The summed E-state index contributed by atoms with van der Waals surface area (Å²) in [5, 5.41) is 3.10. The van der Waals surface area contributed by atoms with Gasteiger partial charge in [-0.15, -0.1) is 0 Å². The smallest absolute Gasteiger partial charge is 0.371 e. The van der Waals surface area contributed by atoms with Gasteiger partial charge >= 0.3 is 5.97 Å². The van der Waals surface area contributed by atoms with Gasteiger partial charge in [0, 0.05) is 0 Å². The van der Waals surface area contributed by atoms with E-state index >= 15 is 0 Å². The molecule has 6 nitrogen and oxygen atoms in total. The van der Waals surface area contributed by atoms with E-state index < -0.39 is 20.9 Å². The Balaban J connectivity index is 2.41. The molecule has 0 saturated heterocycles. The first-order chi connectivity index (χ1) is 11.4. The zero-order chi connectivity index (χ0) is 17.6. The molecule has 0 aromatic heterocycles. The molecule has 2 rings (SSSR count). The second-order valence-corrected chi connectivity index (χ2v) is 6.80. The summed E-state index contributed by atoms with van der Waals surface area (Å²) in [5.41, 5.74) is 4.04. The van der Waals surface area contributed by atoms with Crippen LogP contribution in [0.2, 0.25) is 0 Å². The maximum absolute atomic E-state index is 12.7. The molecule has 0 bridgehead atoms. The molecule has 0 spiro atoms. The molecule has 0 amide bonds. The fraction of sp³-hybridized carbons (Fsp3) is 0.176. The van der Waals surface area contributed by atoms with Gasteiger partial charge in [0.05, 0.1) is 17.2 Å². The van der Waals surface area contributed by atoms with Gasteiger partial charge in [0.25, 0.3) is 5.04 Å². The molecule has 0 atom stereocenters. The molecule has 0 aliphatic rings. The fourth-order valence-corrected chi connectivity index (χ4v) is 3.03. The molecule has 0 heterocycles. The van der Waals surface area contributed by atoms with E-state index in [1.54, 1.807) is 43.3 Å². The predicted molar refractivity (Wildman–Crippen MR) is 92.5 cm³/mol. The van der Waals surface area contributed by atoms with Gasteiger partial charge in [0.2, 0.25) is 9.84 Å². The van der Waals surface area contributed by atoms with Gasteiger partial charge in [0.15, 0.2) is 0 Å². The summed E-state index contributed by atoms with van der Waals surface area (Å²) in [4.78, 5) is 12.1. The summed E-state index contributed by atoms with van der Waals surface area (Å²) in [7, 11) is -4.10. The van der Waals surface area contributed by atoms with Crippen molar-refractivity contribution in [2.24, 2.45) is 5.10 Å². The predicted octanol–water partition coefficient (Wildman–Crippen LogP) is 2.76. The van der Waals surface area contributed by atoms with Crippen molar-refractivity contribution in [1.29, 1.82) is 0 Å². The highest BCUT2D eigenvalue weighted by Gasteiger charge is 2.30. The Bertz CT molecular complexity index is 829. The third kappa shape index (κ3) is 4.20. The summed E-state index contributed by atoms with van der Waals surface area (Å²) in [6.07, 6.45) is 0. The van der Waals surface area contributed by atoms with Crippen LogP contribution in [0.3, 0.4) is 0 Å². The van der Waals surface area contributed by atoms with Crippen LogP contribution in [-0.2, 0) is 19.4 Å². The molecule has 0 saturated carbocycles. The third-order valence-corrected chi connectivity index (χ3v) is 4.76. The molecule has 126 valence electrons. The Morgan fingerprint density at radius 3 is 2.29 bits per heavy atom. The van der Waals surface area contributed by atoms with Gasteiger partial charge in [-0.2, -0.15) is 5.10 Å². The molecular weight excluding hydrogens is 328 g/mol. The number of hydrogen-bond donors (Lipinski definition) is 1. The second-order valence-electron chi connectivity index (χ2n) is 4.93. The first kappa shape index (κ1) is 17.7. The van der Waals surface area contributed by atoms with E-state index in [9.17, 15) is 13.2 Å². The van der Waals surface area contributed by atoms with Crippen LogP contribution in [0.15, 0.2) is 64.6 Å². The summed E-state index contributed by atoms with van der Waals surface area (Å²) >= 11 is 0. The number of sulfone groups is 1. The highest BCUT2D eigenvalue weighted by Crippen LogP contribution is 2.15. The first-order valence-electron chi connectivity index (χ1n) is 7.32.